The van der Waals surface area contributed by atoms with Crippen LogP contribution in [0.5, 0.6) is 0 Å². The summed E-state index contributed by atoms with van der Waals surface area (Å²) < 4.78 is 4.94. The molecule has 0 saturated heterocycles. The van der Waals surface area contributed by atoms with Crippen LogP contribution >= 0.6 is 0 Å². The van der Waals surface area contributed by atoms with Crippen LogP contribution in [-0.2, 0) is 20.7 Å². The Morgan fingerprint density at radius 1 is 1.30 bits per heavy atom. The average Bonchev–Trinajstić information content (AvgIpc) is 2.44. The summed E-state index contributed by atoms with van der Waals surface area (Å²) in [6.07, 6.45) is 0.945. The lowest BCUT2D eigenvalue weighted by Crippen LogP contribution is -2.25. The van der Waals surface area contributed by atoms with Gasteiger partial charge in [0.25, 0.3) is 0 Å². The second kappa shape index (κ2) is 8.13. The van der Waals surface area contributed by atoms with E-state index in [4.69, 9.17) is 4.74 Å². The van der Waals surface area contributed by atoms with E-state index < -0.39 is 11.9 Å². The van der Waals surface area contributed by atoms with Crippen molar-refractivity contribution in [1.29, 1.82) is 0 Å². The first-order valence-corrected chi connectivity index (χ1v) is 6.67. The summed E-state index contributed by atoms with van der Waals surface area (Å²) in [5.74, 6) is -1.42. The Kier molecular flexibility index (Phi) is 6.48. The van der Waals surface area contributed by atoms with E-state index in [-0.39, 0.29) is 12.4 Å². The minimum atomic E-state index is -0.761. The first-order chi connectivity index (χ1) is 9.58. The summed E-state index contributed by atoms with van der Waals surface area (Å²) in [7, 11) is 0. The maximum absolute atomic E-state index is 11.8. The minimum absolute atomic E-state index is 0.190. The molecule has 1 rings (SSSR count). The normalized spacial score (nSPS) is 11.3. The van der Waals surface area contributed by atoms with E-state index in [1.807, 2.05) is 30.3 Å². The molecule has 0 N–H and O–H groups in total. The number of esters is 1. The summed E-state index contributed by atoms with van der Waals surface area (Å²) >= 11 is 0. The van der Waals surface area contributed by atoms with E-state index in [0.29, 0.717) is 12.8 Å². The molecule has 1 atom stereocenters. The SMILES string of the molecule is C=C=C(Cc1ccccc1)CC(C(C)=O)C(=O)OCC. The molecule has 106 valence electrons. The Labute approximate surface area is 120 Å². The van der Waals surface area contributed by atoms with Crippen LogP contribution < -0.4 is 0 Å². The fourth-order valence-electron chi connectivity index (χ4n) is 1.93. The van der Waals surface area contributed by atoms with E-state index in [1.54, 1.807) is 6.92 Å². The van der Waals surface area contributed by atoms with Gasteiger partial charge in [0.05, 0.1) is 6.61 Å². The zero-order chi connectivity index (χ0) is 15.0. The third-order valence-corrected chi connectivity index (χ3v) is 3.02. The molecule has 0 heterocycles. The van der Waals surface area contributed by atoms with Gasteiger partial charge in [0.2, 0.25) is 0 Å². The molecule has 0 saturated carbocycles. The van der Waals surface area contributed by atoms with Gasteiger partial charge in [0, 0.05) is 6.42 Å². The van der Waals surface area contributed by atoms with Crippen LogP contribution in [0.3, 0.4) is 0 Å². The molecular formula is C17H20O3. The van der Waals surface area contributed by atoms with Crippen molar-refractivity contribution in [3.05, 3.63) is 53.8 Å². The molecule has 0 aliphatic heterocycles. The van der Waals surface area contributed by atoms with E-state index in [1.165, 1.54) is 6.92 Å². The highest BCUT2D eigenvalue weighted by Gasteiger charge is 2.25. The average molecular weight is 272 g/mol. The summed E-state index contributed by atoms with van der Waals surface area (Å²) in [5.41, 5.74) is 4.78. The first-order valence-electron chi connectivity index (χ1n) is 6.67. The van der Waals surface area contributed by atoms with Gasteiger partial charge in [0.15, 0.2) is 0 Å². The highest BCUT2D eigenvalue weighted by Crippen LogP contribution is 2.18. The molecule has 3 heteroatoms. The van der Waals surface area contributed by atoms with E-state index in [2.05, 4.69) is 12.3 Å². The van der Waals surface area contributed by atoms with Gasteiger partial charge in [-0.1, -0.05) is 36.9 Å². The second-order valence-electron chi connectivity index (χ2n) is 4.56. The largest absolute Gasteiger partial charge is 0.465 e. The number of carbonyl (C=O) groups excluding carboxylic acids is 2. The number of Topliss-reactive ketones (excluding diaryl/α,β-unsaturated/α-hetero) is 1. The van der Waals surface area contributed by atoms with Crippen LogP contribution in [0.25, 0.3) is 0 Å². The van der Waals surface area contributed by atoms with Crippen molar-refractivity contribution in [2.45, 2.75) is 26.7 Å². The number of benzene rings is 1. The molecule has 0 aromatic heterocycles. The number of hydrogen-bond donors (Lipinski definition) is 0. The standard InChI is InChI=1S/C17H20O3/c1-4-14(11-15-9-7-6-8-10-15)12-16(13(3)18)17(19)20-5-2/h6-10,16H,1,5,11-12H2,2-3H3. The van der Waals surface area contributed by atoms with E-state index in [9.17, 15) is 9.59 Å². The van der Waals surface area contributed by atoms with Crippen molar-refractivity contribution in [2.75, 3.05) is 6.61 Å². The summed E-state index contributed by atoms with van der Waals surface area (Å²) in [6.45, 7) is 7.05. The molecule has 1 unspecified atom stereocenters. The van der Waals surface area contributed by atoms with Crippen LogP contribution in [-0.4, -0.2) is 18.4 Å². The van der Waals surface area contributed by atoms with Gasteiger partial charge in [-0.15, -0.1) is 5.73 Å². The van der Waals surface area contributed by atoms with Crippen LogP contribution in [0, 0.1) is 5.92 Å². The van der Waals surface area contributed by atoms with Gasteiger partial charge in [-0.25, -0.2) is 0 Å². The molecule has 20 heavy (non-hydrogen) atoms. The Morgan fingerprint density at radius 2 is 1.95 bits per heavy atom. The van der Waals surface area contributed by atoms with Gasteiger partial charge >= 0.3 is 5.97 Å². The molecule has 0 aliphatic carbocycles. The lowest BCUT2D eigenvalue weighted by atomic mass is 9.92. The Hall–Kier alpha value is -2.12. The Bertz CT molecular complexity index is 510. The molecule has 0 spiro atoms. The van der Waals surface area contributed by atoms with Crippen molar-refractivity contribution in [3.8, 4) is 0 Å². The molecule has 1 aromatic rings. The molecule has 1 aromatic carbocycles. The molecule has 3 nitrogen and oxygen atoms in total. The quantitative estimate of drug-likeness (QED) is 0.435. The second-order valence-corrected chi connectivity index (χ2v) is 4.56. The lowest BCUT2D eigenvalue weighted by molar-refractivity contribution is -0.151. The van der Waals surface area contributed by atoms with Crippen LogP contribution in [0.2, 0.25) is 0 Å². The van der Waals surface area contributed by atoms with Gasteiger partial charge in [-0.05, 0) is 31.4 Å². The first kappa shape index (κ1) is 15.9. The smallest absolute Gasteiger partial charge is 0.316 e. The third kappa shape index (κ3) is 4.87. The number of ether oxygens (including phenoxy) is 1. The molecule has 0 aliphatic rings. The van der Waals surface area contributed by atoms with E-state index in [0.717, 1.165) is 11.1 Å². The van der Waals surface area contributed by atoms with E-state index >= 15 is 0 Å². The van der Waals surface area contributed by atoms with Crippen LogP contribution in [0.4, 0.5) is 0 Å². The predicted molar refractivity (Wildman–Crippen MR) is 78.2 cm³/mol. The summed E-state index contributed by atoms with van der Waals surface area (Å²) in [6, 6.07) is 9.82. The highest BCUT2D eigenvalue weighted by molar-refractivity contribution is 5.98. The molecular weight excluding hydrogens is 252 g/mol. The van der Waals surface area contributed by atoms with Crippen LogP contribution in [0.15, 0.2) is 48.2 Å². The molecule has 0 amide bonds. The van der Waals surface area contributed by atoms with Crippen molar-refractivity contribution in [1.82, 2.24) is 0 Å². The minimum Gasteiger partial charge on any atom is -0.465 e. The monoisotopic (exact) mass is 272 g/mol. The van der Waals surface area contributed by atoms with Crippen molar-refractivity contribution in [3.63, 3.8) is 0 Å². The third-order valence-electron chi connectivity index (χ3n) is 3.02. The number of ketones is 1. The maximum atomic E-state index is 11.8. The lowest BCUT2D eigenvalue weighted by Gasteiger charge is -2.14. The topological polar surface area (TPSA) is 43.4 Å². The Morgan fingerprint density at radius 3 is 2.45 bits per heavy atom. The van der Waals surface area contributed by atoms with Crippen molar-refractivity contribution < 1.29 is 14.3 Å². The predicted octanol–water partition coefficient (Wildman–Crippen LogP) is 3.10. The van der Waals surface area contributed by atoms with Crippen molar-refractivity contribution >= 4 is 11.8 Å². The fourth-order valence-corrected chi connectivity index (χ4v) is 1.93. The number of rotatable bonds is 7. The number of carbonyl (C=O) groups is 2. The number of hydrogen-bond acceptors (Lipinski definition) is 3. The van der Waals surface area contributed by atoms with Gasteiger partial charge < -0.3 is 4.74 Å². The molecule has 0 fully saturated rings. The van der Waals surface area contributed by atoms with Gasteiger partial charge in [-0.2, -0.15) is 0 Å². The zero-order valence-corrected chi connectivity index (χ0v) is 12.0. The zero-order valence-electron chi connectivity index (χ0n) is 12.0. The van der Waals surface area contributed by atoms with Crippen LogP contribution in [0.1, 0.15) is 25.8 Å². The highest BCUT2D eigenvalue weighted by atomic mass is 16.5. The Balaban J connectivity index is 2.78. The van der Waals surface area contributed by atoms with Gasteiger partial charge in [-0.3, -0.25) is 9.59 Å². The number of allylic oxidation sites excluding steroid dienone is 1. The molecule has 0 bridgehead atoms. The summed E-state index contributed by atoms with van der Waals surface area (Å²) in [5, 5.41) is 0. The fraction of sp³-hybridized carbons (Fsp3) is 0.353. The summed E-state index contributed by atoms with van der Waals surface area (Å²) in [4.78, 5) is 23.4. The van der Waals surface area contributed by atoms with Gasteiger partial charge in [0.1, 0.15) is 11.7 Å². The molecule has 0 radical (unpaired) electrons. The van der Waals surface area contributed by atoms with Crippen molar-refractivity contribution in [2.24, 2.45) is 5.92 Å². The maximum Gasteiger partial charge on any atom is 0.316 e.